The minimum atomic E-state index is -0.629. The molecule has 1 aliphatic rings. The number of unbranched alkanes of at least 4 members (excludes halogenated alkanes) is 11. The first-order chi connectivity index (χ1) is 23.5. The van der Waals surface area contributed by atoms with Crippen molar-refractivity contribution >= 4 is 44.0 Å². The third kappa shape index (κ3) is 9.69. The molecule has 1 saturated heterocycles. The summed E-state index contributed by atoms with van der Waals surface area (Å²) in [5.41, 5.74) is 2.76. The number of hydrogen-bond donors (Lipinski definition) is 0. The fourth-order valence-corrected chi connectivity index (χ4v) is 8.05. The molecule has 0 amide bonds. The number of methoxy groups -OCH3 is 1. The van der Waals surface area contributed by atoms with Crippen LogP contribution in [-0.2, 0) is 16.0 Å². The summed E-state index contributed by atoms with van der Waals surface area (Å²) in [5.74, 6) is -0.533. The van der Waals surface area contributed by atoms with Gasteiger partial charge < -0.3 is 9.64 Å². The molecule has 0 bridgehead atoms. The topological polar surface area (TPSA) is 54.8 Å². The van der Waals surface area contributed by atoms with Crippen LogP contribution >= 0.6 is 11.3 Å². The van der Waals surface area contributed by atoms with E-state index < -0.39 is 6.04 Å². The van der Waals surface area contributed by atoms with E-state index in [0.29, 0.717) is 6.42 Å². The Labute approximate surface area is 289 Å². The number of carbonyl (C=O) groups excluding carboxylic acids is 1. The van der Waals surface area contributed by atoms with E-state index in [9.17, 15) is 14.0 Å². The number of pyridine rings is 1. The molecule has 1 aliphatic heterocycles. The van der Waals surface area contributed by atoms with Gasteiger partial charge in [0, 0.05) is 54.6 Å². The molecule has 260 valence electrons. The summed E-state index contributed by atoms with van der Waals surface area (Å²) in [7, 11) is 1.41. The molecule has 0 N–H and O–H groups in total. The lowest BCUT2D eigenvalue weighted by atomic mass is 10.0. The summed E-state index contributed by atoms with van der Waals surface area (Å²) in [6.07, 6.45) is 16.5. The van der Waals surface area contributed by atoms with Gasteiger partial charge in [-0.2, -0.15) is 0 Å². The van der Waals surface area contributed by atoms with Crippen LogP contribution in [0.3, 0.4) is 0 Å². The maximum Gasteiger partial charge on any atom is 0.328 e. The number of benzene rings is 2. The van der Waals surface area contributed by atoms with Crippen molar-refractivity contribution in [2.75, 3.05) is 44.7 Å². The number of thiophene rings is 1. The summed E-state index contributed by atoms with van der Waals surface area (Å²) in [6.45, 7) is 6.67. The van der Waals surface area contributed by atoms with Crippen LogP contribution in [0.15, 0.2) is 58.7 Å². The highest BCUT2D eigenvalue weighted by Crippen LogP contribution is 2.32. The highest BCUT2D eigenvalue weighted by atomic mass is 32.1. The first-order valence-corrected chi connectivity index (χ1v) is 19.2. The maximum atomic E-state index is 14.3. The molecule has 48 heavy (non-hydrogen) atoms. The number of piperazine rings is 1. The van der Waals surface area contributed by atoms with E-state index in [1.807, 2.05) is 11.4 Å². The Morgan fingerprint density at radius 2 is 1.52 bits per heavy atom. The third-order valence-corrected chi connectivity index (χ3v) is 10.9. The first-order valence-electron chi connectivity index (χ1n) is 18.3. The second kappa shape index (κ2) is 18.5. The van der Waals surface area contributed by atoms with Crippen molar-refractivity contribution in [2.24, 2.45) is 0 Å². The number of nitrogens with zero attached hydrogens (tertiary/aromatic N) is 3. The summed E-state index contributed by atoms with van der Waals surface area (Å²) in [5, 5.41) is 4.10. The van der Waals surface area contributed by atoms with Gasteiger partial charge in [-0.1, -0.05) is 96.1 Å². The Hall–Kier alpha value is -3.23. The normalized spacial score (nSPS) is 14.6. The van der Waals surface area contributed by atoms with E-state index in [-0.39, 0.29) is 17.3 Å². The van der Waals surface area contributed by atoms with Gasteiger partial charge in [-0.05, 0) is 59.5 Å². The average molecular weight is 676 g/mol. The number of fused-ring (bicyclic) bond motifs is 2. The number of anilines is 1. The molecular weight excluding hydrogens is 622 g/mol. The molecule has 0 saturated carbocycles. The van der Waals surface area contributed by atoms with E-state index in [1.165, 1.54) is 64.9 Å². The van der Waals surface area contributed by atoms with Gasteiger partial charge in [0.15, 0.2) is 0 Å². The molecule has 8 heteroatoms. The maximum absolute atomic E-state index is 14.3. The van der Waals surface area contributed by atoms with Crippen LogP contribution in [0, 0.1) is 5.82 Å². The van der Waals surface area contributed by atoms with Crippen LogP contribution in [0.2, 0.25) is 0 Å². The zero-order valence-corrected chi connectivity index (χ0v) is 29.9. The summed E-state index contributed by atoms with van der Waals surface area (Å²) >= 11 is 1.58. The summed E-state index contributed by atoms with van der Waals surface area (Å²) in [6, 6.07) is 14.5. The van der Waals surface area contributed by atoms with Gasteiger partial charge in [0.25, 0.3) is 5.56 Å². The van der Waals surface area contributed by atoms with Gasteiger partial charge in [0.1, 0.15) is 11.9 Å². The molecule has 0 spiro atoms. The fraction of sp³-hybridized carbons (Fsp3) is 0.550. The van der Waals surface area contributed by atoms with Gasteiger partial charge in [-0.25, -0.2) is 9.18 Å². The zero-order chi connectivity index (χ0) is 33.7. The molecule has 1 fully saturated rings. The van der Waals surface area contributed by atoms with Crippen LogP contribution in [-0.4, -0.2) is 55.3 Å². The Morgan fingerprint density at radius 3 is 2.21 bits per heavy atom. The van der Waals surface area contributed by atoms with Gasteiger partial charge >= 0.3 is 5.97 Å². The smallest absolute Gasteiger partial charge is 0.328 e. The second-order valence-corrected chi connectivity index (χ2v) is 14.4. The van der Waals surface area contributed by atoms with Crippen molar-refractivity contribution in [3.05, 3.63) is 75.6 Å². The van der Waals surface area contributed by atoms with Crippen LogP contribution in [0.5, 0.6) is 0 Å². The van der Waals surface area contributed by atoms with Crippen molar-refractivity contribution in [3.63, 3.8) is 0 Å². The van der Waals surface area contributed by atoms with E-state index in [0.717, 1.165) is 90.6 Å². The molecule has 2 aromatic carbocycles. The number of halogens is 1. The molecule has 0 aliphatic carbocycles. The molecule has 6 nitrogen and oxygen atoms in total. The van der Waals surface area contributed by atoms with Gasteiger partial charge in [-0.3, -0.25) is 14.3 Å². The minimum absolute atomic E-state index is 0.165. The highest BCUT2D eigenvalue weighted by Gasteiger charge is 2.24. The standard InChI is InChI=1S/C40H54FN3O3S/c1-3-4-5-6-7-8-9-10-11-12-13-14-15-35(40(46)47-2)44-36-28-31(16-17-32(36)18-19-39(44)45)20-22-42-23-25-43(26-24-42)37-29-33(41)30-38-34(37)21-27-48-38/h16-19,21,27-30,35H,3-15,20,22-26H2,1-2H3. The van der Waals surface area contributed by atoms with Crippen LogP contribution in [0.25, 0.3) is 21.0 Å². The van der Waals surface area contributed by atoms with Crippen LogP contribution in [0.1, 0.15) is 102 Å². The number of esters is 1. The molecule has 2 aromatic heterocycles. The molecule has 5 rings (SSSR count). The molecule has 1 atom stereocenters. The average Bonchev–Trinajstić information content (AvgIpc) is 3.58. The fourth-order valence-electron chi connectivity index (χ4n) is 7.22. The van der Waals surface area contributed by atoms with Gasteiger partial charge in [0.05, 0.1) is 12.6 Å². The Balaban J connectivity index is 1.14. The largest absolute Gasteiger partial charge is 0.467 e. The number of carbonyl (C=O) groups is 1. The van der Waals surface area contributed by atoms with E-state index in [4.69, 9.17) is 4.74 Å². The predicted molar refractivity (Wildman–Crippen MR) is 199 cm³/mol. The lowest BCUT2D eigenvalue weighted by Gasteiger charge is -2.36. The van der Waals surface area contributed by atoms with Crippen LogP contribution < -0.4 is 10.5 Å². The molecule has 0 radical (unpaired) electrons. The SMILES string of the molecule is CCCCCCCCCCCCCCC(C(=O)OC)n1c(=O)ccc2ccc(CCN3CCN(c4cc(F)cc5sccc45)CC3)cc21. The van der Waals surface area contributed by atoms with Crippen molar-refractivity contribution in [1.29, 1.82) is 0 Å². The first kappa shape index (κ1) is 36.1. The molecule has 3 heterocycles. The minimum Gasteiger partial charge on any atom is -0.467 e. The lowest BCUT2D eigenvalue weighted by molar-refractivity contribution is -0.144. The predicted octanol–water partition coefficient (Wildman–Crippen LogP) is 9.53. The van der Waals surface area contributed by atoms with E-state index in [2.05, 4.69) is 41.0 Å². The van der Waals surface area contributed by atoms with E-state index in [1.54, 1.807) is 34.1 Å². The van der Waals surface area contributed by atoms with E-state index >= 15 is 0 Å². The molecule has 1 unspecified atom stereocenters. The van der Waals surface area contributed by atoms with Gasteiger partial charge in [-0.15, -0.1) is 11.3 Å². The number of rotatable bonds is 19. The van der Waals surface area contributed by atoms with Crippen molar-refractivity contribution in [3.8, 4) is 0 Å². The Kier molecular flexibility index (Phi) is 13.9. The second-order valence-electron chi connectivity index (χ2n) is 13.5. The number of ether oxygens (including phenoxy) is 1. The lowest BCUT2D eigenvalue weighted by Crippen LogP contribution is -2.47. The Morgan fingerprint density at radius 1 is 0.854 bits per heavy atom. The quantitative estimate of drug-likeness (QED) is 0.0732. The summed E-state index contributed by atoms with van der Waals surface area (Å²) < 4.78 is 22.2. The van der Waals surface area contributed by atoms with Crippen LogP contribution in [0.4, 0.5) is 10.1 Å². The number of aromatic nitrogens is 1. The third-order valence-electron chi connectivity index (χ3n) is 10.1. The highest BCUT2D eigenvalue weighted by molar-refractivity contribution is 7.17. The van der Waals surface area contributed by atoms with Crippen molar-refractivity contribution < 1.29 is 13.9 Å². The monoisotopic (exact) mass is 675 g/mol. The van der Waals surface area contributed by atoms with Crippen molar-refractivity contribution in [1.82, 2.24) is 9.47 Å². The molecular formula is C40H54FN3O3S. The Bertz CT molecular complexity index is 1660. The zero-order valence-electron chi connectivity index (χ0n) is 29.1. The van der Waals surface area contributed by atoms with Crippen molar-refractivity contribution in [2.45, 2.75) is 103 Å². The van der Waals surface area contributed by atoms with Gasteiger partial charge in [0.2, 0.25) is 0 Å². The number of hydrogen-bond acceptors (Lipinski definition) is 6. The molecule has 4 aromatic rings. The summed E-state index contributed by atoms with van der Waals surface area (Å²) in [4.78, 5) is 31.1.